The summed E-state index contributed by atoms with van der Waals surface area (Å²) in [6.07, 6.45) is 2.60. The van der Waals surface area contributed by atoms with E-state index in [0.717, 1.165) is 30.5 Å². The fourth-order valence-corrected chi connectivity index (χ4v) is 5.29. The van der Waals surface area contributed by atoms with Gasteiger partial charge in [0.1, 0.15) is 5.75 Å². The molecule has 0 radical (unpaired) electrons. The number of benzene rings is 2. The average molecular weight is 595 g/mol. The first-order valence-corrected chi connectivity index (χ1v) is 14.9. The number of ether oxygens (including phenoxy) is 2. The number of halogens is 2. The lowest BCUT2D eigenvalue weighted by atomic mass is 10.0. The molecule has 9 heteroatoms. The van der Waals surface area contributed by atoms with Crippen LogP contribution >= 0.6 is 23.2 Å². The summed E-state index contributed by atoms with van der Waals surface area (Å²) in [4.78, 5) is 20.0. The first kappa shape index (κ1) is 32.5. The van der Waals surface area contributed by atoms with Crippen molar-refractivity contribution >= 4 is 34.8 Å². The van der Waals surface area contributed by atoms with Crippen molar-refractivity contribution in [3.8, 4) is 5.75 Å². The number of hydrogen-bond donors (Lipinski definition) is 1. The number of nitrogens with zero attached hydrogens (tertiary/aromatic N) is 3. The monoisotopic (exact) mass is 593 g/mol. The summed E-state index contributed by atoms with van der Waals surface area (Å²) in [5.41, 5.74) is 2.49. The van der Waals surface area contributed by atoms with Gasteiger partial charge in [-0.15, -0.1) is 0 Å². The predicted molar refractivity (Wildman–Crippen MR) is 164 cm³/mol. The second kappa shape index (κ2) is 15.3. The highest BCUT2D eigenvalue weighted by Gasteiger charge is 2.30. The fraction of sp³-hybridized carbons (Fsp3) is 0.581. The van der Waals surface area contributed by atoms with Crippen LogP contribution in [0.25, 0.3) is 0 Å². The molecule has 0 bridgehead atoms. The van der Waals surface area contributed by atoms with Gasteiger partial charge in [0, 0.05) is 51.9 Å². The molecule has 2 aromatic rings. The number of amides is 1. The predicted octanol–water partition coefficient (Wildman–Crippen LogP) is 5.99. The number of rotatable bonds is 7. The second-order valence-corrected chi connectivity index (χ2v) is 12.1. The van der Waals surface area contributed by atoms with Crippen LogP contribution in [0.2, 0.25) is 10.0 Å². The van der Waals surface area contributed by atoms with E-state index in [0.29, 0.717) is 47.6 Å². The second-order valence-electron chi connectivity index (χ2n) is 11.3. The first-order valence-electron chi connectivity index (χ1n) is 14.1. The van der Waals surface area contributed by atoms with Crippen LogP contribution < -0.4 is 9.64 Å². The molecule has 0 unspecified atom stereocenters. The zero-order valence-corrected chi connectivity index (χ0v) is 26.2. The molecule has 0 fully saturated rings. The van der Waals surface area contributed by atoms with Gasteiger partial charge in [0.05, 0.1) is 40.5 Å². The molecule has 1 amide bonds. The summed E-state index contributed by atoms with van der Waals surface area (Å²) >= 11 is 12.3. The third-order valence-electron chi connectivity index (χ3n) is 7.48. The van der Waals surface area contributed by atoms with Crippen molar-refractivity contribution in [3.63, 3.8) is 0 Å². The summed E-state index contributed by atoms with van der Waals surface area (Å²) in [5.74, 6) is 0.439. The molecule has 1 heterocycles. The van der Waals surface area contributed by atoms with Crippen LogP contribution in [-0.4, -0.2) is 86.5 Å². The van der Waals surface area contributed by atoms with Gasteiger partial charge in [-0.25, -0.2) is 0 Å². The van der Waals surface area contributed by atoms with E-state index in [1.165, 1.54) is 0 Å². The number of carbonyl (C=O) groups excluding carboxylic acids is 1. The minimum Gasteiger partial charge on any atom is -0.490 e. The summed E-state index contributed by atoms with van der Waals surface area (Å²) in [6, 6.07) is 11.1. The molecular weight excluding hydrogens is 549 g/mol. The van der Waals surface area contributed by atoms with E-state index in [2.05, 4.69) is 18.9 Å². The van der Waals surface area contributed by atoms with Crippen molar-refractivity contribution < 1.29 is 19.4 Å². The smallest absolute Gasteiger partial charge is 0.258 e. The zero-order valence-electron chi connectivity index (χ0n) is 24.7. The van der Waals surface area contributed by atoms with Gasteiger partial charge in [0.2, 0.25) is 0 Å². The van der Waals surface area contributed by atoms with Gasteiger partial charge in [0.15, 0.2) is 0 Å². The summed E-state index contributed by atoms with van der Waals surface area (Å²) in [7, 11) is 5.96. The third kappa shape index (κ3) is 8.98. The van der Waals surface area contributed by atoms with Crippen LogP contribution in [0.3, 0.4) is 0 Å². The highest BCUT2D eigenvalue weighted by molar-refractivity contribution is 6.42. The standard InChI is InChI=1S/C31H45Cl2N3O4/c1-21-17-36(22(2)20-37)31(38)26-16-25(34(4)5)11-13-29(26)40-23(3)9-7-8-14-39-30(21)19-35(6)18-24-10-12-27(32)28(33)15-24/h10-13,15-16,21-23,30,37H,7-9,14,17-20H2,1-6H3/t21-,22+,23-,30+/m0/s1. The van der Waals surface area contributed by atoms with E-state index in [4.69, 9.17) is 32.7 Å². The minimum atomic E-state index is -0.370. The maximum Gasteiger partial charge on any atom is 0.258 e. The van der Waals surface area contributed by atoms with Gasteiger partial charge in [-0.2, -0.15) is 0 Å². The van der Waals surface area contributed by atoms with Crippen LogP contribution in [-0.2, 0) is 11.3 Å². The molecule has 0 aromatic heterocycles. The van der Waals surface area contributed by atoms with Gasteiger partial charge in [-0.1, -0.05) is 36.2 Å². The Morgan fingerprint density at radius 2 is 1.82 bits per heavy atom. The van der Waals surface area contributed by atoms with E-state index < -0.39 is 0 Å². The first-order chi connectivity index (χ1) is 19.0. The molecule has 0 saturated carbocycles. The number of hydrogen-bond acceptors (Lipinski definition) is 6. The van der Waals surface area contributed by atoms with E-state index in [1.807, 2.05) is 69.2 Å². The molecule has 1 aliphatic rings. The van der Waals surface area contributed by atoms with Gasteiger partial charge >= 0.3 is 0 Å². The lowest BCUT2D eigenvalue weighted by Gasteiger charge is -2.36. The van der Waals surface area contributed by atoms with Crippen LogP contribution in [0, 0.1) is 5.92 Å². The molecule has 0 saturated heterocycles. The Labute approximate surface area is 249 Å². The maximum atomic E-state index is 14.1. The molecule has 222 valence electrons. The van der Waals surface area contributed by atoms with Crippen molar-refractivity contribution in [1.29, 1.82) is 0 Å². The lowest BCUT2D eigenvalue weighted by molar-refractivity contribution is -0.0177. The number of carbonyl (C=O) groups is 1. The Morgan fingerprint density at radius 3 is 2.50 bits per heavy atom. The Morgan fingerprint density at radius 1 is 1.07 bits per heavy atom. The molecule has 4 atom stereocenters. The Hall–Kier alpha value is -2.03. The SMILES string of the molecule is C[C@H](CO)N1C[C@H](C)[C@@H](CN(C)Cc2ccc(Cl)c(Cl)c2)OCCCC[C@H](C)Oc2ccc(N(C)C)cc2C1=O. The quantitative estimate of drug-likeness (QED) is 0.425. The molecule has 40 heavy (non-hydrogen) atoms. The highest BCUT2D eigenvalue weighted by atomic mass is 35.5. The minimum absolute atomic E-state index is 0.0115. The maximum absolute atomic E-state index is 14.1. The van der Waals surface area contributed by atoms with Crippen LogP contribution in [0.1, 0.15) is 56.0 Å². The van der Waals surface area contributed by atoms with Gasteiger partial charge < -0.3 is 24.4 Å². The van der Waals surface area contributed by atoms with Crippen molar-refractivity contribution in [3.05, 3.63) is 57.6 Å². The number of likely N-dealkylation sites (N-methyl/N-ethyl adjacent to an activating group) is 1. The van der Waals surface area contributed by atoms with Crippen LogP contribution in [0.4, 0.5) is 5.69 Å². The molecule has 3 rings (SSSR count). The van der Waals surface area contributed by atoms with Crippen molar-refractivity contribution in [2.24, 2.45) is 5.92 Å². The van der Waals surface area contributed by atoms with Gasteiger partial charge in [0.25, 0.3) is 5.91 Å². The van der Waals surface area contributed by atoms with Crippen LogP contribution in [0.15, 0.2) is 36.4 Å². The summed E-state index contributed by atoms with van der Waals surface area (Å²) < 4.78 is 12.8. The van der Waals surface area contributed by atoms with Crippen LogP contribution in [0.5, 0.6) is 5.75 Å². The van der Waals surface area contributed by atoms with Crippen molar-refractivity contribution in [2.45, 2.75) is 64.8 Å². The highest BCUT2D eigenvalue weighted by Crippen LogP contribution is 2.29. The number of anilines is 1. The van der Waals surface area contributed by atoms with E-state index >= 15 is 0 Å². The summed E-state index contributed by atoms with van der Waals surface area (Å²) in [5, 5.41) is 11.2. The molecule has 1 aliphatic heterocycles. The zero-order chi connectivity index (χ0) is 29.4. The number of aliphatic hydroxyl groups is 1. The van der Waals surface area contributed by atoms with Gasteiger partial charge in [-0.3, -0.25) is 9.69 Å². The van der Waals surface area contributed by atoms with E-state index in [-0.39, 0.29) is 36.7 Å². The molecular formula is C31H45Cl2N3O4. The largest absolute Gasteiger partial charge is 0.490 e. The Balaban J connectivity index is 1.89. The average Bonchev–Trinajstić information content (AvgIpc) is 2.91. The lowest BCUT2D eigenvalue weighted by Crippen LogP contribution is -2.47. The van der Waals surface area contributed by atoms with Crippen molar-refractivity contribution in [1.82, 2.24) is 9.80 Å². The summed E-state index contributed by atoms with van der Waals surface area (Å²) in [6.45, 7) is 8.33. The third-order valence-corrected chi connectivity index (χ3v) is 8.22. The molecule has 1 N–H and O–H groups in total. The Bertz CT molecular complexity index is 1120. The van der Waals surface area contributed by atoms with E-state index in [1.54, 1.807) is 4.90 Å². The fourth-order valence-electron chi connectivity index (χ4n) is 4.97. The number of fused-ring (bicyclic) bond motifs is 1. The molecule has 2 aromatic carbocycles. The van der Waals surface area contributed by atoms with E-state index in [9.17, 15) is 9.90 Å². The Kier molecular flexibility index (Phi) is 12.4. The molecule has 0 spiro atoms. The molecule has 0 aliphatic carbocycles. The normalized spacial score (nSPS) is 21.9. The topological polar surface area (TPSA) is 65.5 Å². The van der Waals surface area contributed by atoms with Gasteiger partial charge in [-0.05, 0) is 76.1 Å². The van der Waals surface area contributed by atoms with Crippen molar-refractivity contribution in [2.75, 3.05) is 52.3 Å². The molecule has 7 nitrogen and oxygen atoms in total. The number of aliphatic hydroxyl groups excluding tert-OH is 1.